The van der Waals surface area contributed by atoms with Crippen LogP contribution < -0.4 is 10.6 Å². The second-order valence-corrected chi connectivity index (χ2v) is 4.42. The van der Waals surface area contributed by atoms with Gasteiger partial charge in [-0.2, -0.15) is 0 Å². The van der Waals surface area contributed by atoms with Crippen molar-refractivity contribution in [3.8, 4) is 0 Å². The second-order valence-electron chi connectivity index (χ2n) is 3.98. The molecule has 0 spiro atoms. The minimum absolute atomic E-state index is 0.147. The molecular weight excluding hydrogens is 262 g/mol. The van der Waals surface area contributed by atoms with Gasteiger partial charge in [0.05, 0.1) is 17.4 Å². The molecular formula is C14H14ClN3O. The number of aromatic nitrogens is 1. The highest BCUT2D eigenvalue weighted by Gasteiger charge is 2.09. The number of amides is 1. The van der Waals surface area contributed by atoms with Gasteiger partial charge in [-0.1, -0.05) is 23.7 Å². The highest BCUT2D eigenvalue weighted by atomic mass is 35.5. The van der Waals surface area contributed by atoms with Crippen molar-refractivity contribution in [1.82, 2.24) is 10.3 Å². The molecule has 1 aromatic carbocycles. The topological polar surface area (TPSA) is 54.0 Å². The first kappa shape index (κ1) is 13.4. The number of hydrogen-bond donors (Lipinski definition) is 2. The Balaban J connectivity index is 2.05. The molecule has 0 saturated heterocycles. The van der Waals surface area contributed by atoms with Crippen LogP contribution in [0.15, 0.2) is 42.7 Å². The van der Waals surface area contributed by atoms with Gasteiger partial charge in [-0.05, 0) is 23.8 Å². The van der Waals surface area contributed by atoms with Crippen LogP contribution in [0, 0.1) is 0 Å². The molecule has 1 heterocycles. The molecule has 0 radical (unpaired) electrons. The Morgan fingerprint density at radius 2 is 2.21 bits per heavy atom. The largest absolute Gasteiger partial charge is 0.386 e. The number of carbonyl (C=O) groups excluding carboxylic acids is 1. The molecule has 1 aromatic heterocycles. The van der Waals surface area contributed by atoms with Gasteiger partial charge in [-0.25, -0.2) is 0 Å². The first-order valence-electron chi connectivity index (χ1n) is 5.85. The summed E-state index contributed by atoms with van der Waals surface area (Å²) >= 11 is 5.89. The van der Waals surface area contributed by atoms with Crippen molar-refractivity contribution in [3.05, 3.63) is 58.9 Å². The lowest BCUT2D eigenvalue weighted by Gasteiger charge is -2.09. The van der Waals surface area contributed by atoms with E-state index in [1.165, 1.54) is 0 Å². The first-order valence-corrected chi connectivity index (χ1v) is 6.23. The first-order chi connectivity index (χ1) is 9.20. The highest BCUT2D eigenvalue weighted by molar-refractivity contribution is 6.30. The third-order valence-corrected chi connectivity index (χ3v) is 2.91. The molecule has 0 aliphatic carbocycles. The fraction of sp³-hybridized carbons (Fsp3) is 0.143. The van der Waals surface area contributed by atoms with Gasteiger partial charge in [-0.15, -0.1) is 0 Å². The molecule has 5 heteroatoms. The van der Waals surface area contributed by atoms with E-state index in [1.54, 1.807) is 31.6 Å². The number of nitrogens with one attached hydrogen (secondary N) is 2. The van der Waals surface area contributed by atoms with Gasteiger partial charge >= 0.3 is 0 Å². The van der Waals surface area contributed by atoms with E-state index >= 15 is 0 Å². The third kappa shape index (κ3) is 3.45. The molecule has 0 bridgehead atoms. The zero-order valence-electron chi connectivity index (χ0n) is 10.5. The number of anilines is 1. The smallest absolute Gasteiger partial charge is 0.253 e. The van der Waals surface area contributed by atoms with Crippen molar-refractivity contribution in [2.24, 2.45) is 0 Å². The maximum absolute atomic E-state index is 12.1. The number of rotatable bonds is 4. The lowest BCUT2D eigenvalue weighted by Crippen LogP contribution is -2.23. The number of nitrogens with zero attached hydrogens (tertiary/aromatic N) is 1. The maximum Gasteiger partial charge on any atom is 0.253 e. The third-order valence-electron chi connectivity index (χ3n) is 2.68. The normalized spacial score (nSPS) is 10.0. The molecule has 98 valence electrons. The molecule has 0 fully saturated rings. The number of pyridine rings is 1. The molecule has 19 heavy (non-hydrogen) atoms. The van der Waals surface area contributed by atoms with E-state index in [1.807, 2.05) is 18.2 Å². The molecule has 0 unspecified atom stereocenters. The van der Waals surface area contributed by atoms with Gasteiger partial charge in [0.1, 0.15) is 0 Å². The summed E-state index contributed by atoms with van der Waals surface area (Å²) in [5.74, 6) is -0.147. The second kappa shape index (κ2) is 6.20. The fourth-order valence-corrected chi connectivity index (χ4v) is 1.93. The zero-order valence-corrected chi connectivity index (χ0v) is 11.2. The number of benzene rings is 1. The summed E-state index contributed by atoms with van der Waals surface area (Å²) in [4.78, 5) is 16.0. The van der Waals surface area contributed by atoms with Crippen molar-refractivity contribution in [2.75, 3.05) is 12.4 Å². The molecule has 0 atom stereocenters. The van der Waals surface area contributed by atoms with Crippen LogP contribution in [0.2, 0.25) is 5.02 Å². The van der Waals surface area contributed by atoms with Crippen molar-refractivity contribution < 1.29 is 4.79 Å². The van der Waals surface area contributed by atoms with E-state index in [2.05, 4.69) is 15.6 Å². The zero-order chi connectivity index (χ0) is 13.7. The minimum Gasteiger partial charge on any atom is -0.386 e. The standard InChI is InChI=1S/C14H14ClN3O/c1-16-13-9-17-6-5-12(13)14(19)18-8-10-3-2-4-11(15)7-10/h2-7,9,16H,8H2,1H3,(H,18,19). The molecule has 0 aliphatic rings. The van der Waals surface area contributed by atoms with E-state index in [9.17, 15) is 4.79 Å². The SMILES string of the molecule is CNc1cnccc1C(=O)NCc1cccc(Cl)c1. The van der Waals surface area contributed by atoms with Crippen LogP contribution in [0.25, 0.3) is 0 Å². The lowest BCUT2D eigenvalue weighted by molar-refractivity contribution is 0.0951. The Hall–Kier alpha value is -2.07. The van der Waals surface area contributed by atoms with E-state index in [4.69, 9.17) is 11.6 Å². The van der Waals surface area contributed by atoms with Crippen LogP contribution in [0.3, 0.4) is 0 Å². The van der Waals surface area contributed by atoms with Crippen LogP contribution in [-0.2, 0) is 6.54 Å². The molecule has 1 amide bonds. The predicted octanol–water partition coefficient (Wildman–Crippen LogP) is 2.71. The molecule has 0 saturated carbocycles. The Labute approximate surface area is 116 Å². The Bertz CT molecular complexity index is 586. The van der Waals surface area contributed by atoms with Crippen molar-refractivity contribution in [3.63, 3.8) is 0 Å². The quantitative estimate of drug-likeness (QED) is 0.902. The molecule has 2 aromatic rings. The van der Waals surface area contributed by atoms with E-state index < -0.39 is 0 Å². The number of hydrogen-bond acceptors (Lipinski definition) is 3. The summed E-state index contributed by atoms with van der Waals surface area (Å²) < 4.78 is 0. The Morgan fingerprint density at radius 1 is 1.37 bits per heavy atom. The van der Waals surface area contributed by atoms with Gasteiger partial charge in [-0.3, -0.25) is 9.78 Å². The summed E-state index contributed by atoms with van der Waals surface area (Å²) in [5, 5.41) is 6.45. The van der Waals surface area contributed by atoms with E-state index in [0.717, 1.165) is 5.56 Å². The summed E-state index contributed by atoms with van der Waals surface area (Å²) in [7, 11) is 1.75. The van der Waals surface area contributed by atoms with Gasteiger partial charge in [0, 0.05) is 24.8 Å². The van der Waals surface area contributed by atoms with Gasteiger partial charge in [0.2, 0.25) is 0 Å². The van der Waals surface area contributed by atoms with Gasteiger partial charge < -0.3 is 10.6 Å². The molecule has 2 N–H and O–H groups in total. The van der Waals surface area contributed by atoms with Crippen LogP contribution in [-0.4, -0.2) is 17.9 Å². The van der Waals surface area contributed by atoms with Crippen molar-refractivity contribution in [1.29, 1.82) is 0 Å². The van der Waals surface area contributed by atoms with Gasteiger partial charge in [0.25, 0.3) is 5.91 Å². The number of carbonyl (C=O) groups is 1. The monoisotopic (exact) mass is 275 g/mol. The lowest BCUT2D eigenvalue weighted by atomic mass is 10.2. The molecule has 4 nitrogen and oxygen atoms in total. The van der Waals surface area contributed by atoms with Crippen LogP contribution in [0.1, 0.15) is 15.9 Å². The predicted molar refractivity (Wildman–Crippen MR) is 76.4 cm³/mol. The summed E-state index contributed by atoms with van der Waals surface area (Å²) in [6.45, 7) is 0.435. The van der Waals surface area contributed by atoms with Crippen LogP contribution >= 0.6 is 11.6 Å². The summed E-state index contributed by atoms with van der Waals surface area (Å²) in [6.07, 6.45) is 3.21. The summed E-state index contributed by atoms with van der Waals surface area (Å²) in [6, 6.07) is 9.08. The fourth-order valence-electron chi connectivity index (χ4n) is 1.72. The van der Waals surface area contributed by atoms with E-state index in [0.29, 0.717) is 22.8 Å². The maximum atomic E-state index is 12.1. The van der Waals surface area contributed by atoms with Crippen molar-refractivity contribution >= 4 is 23.2 Å². The number of halogens is 1. The molecule has 0 aliphatic heterocycles. The Morgan fingerprint density at radius 3 is 2.95 bits per heavy atom. The molecule has 2 rings (SSSR count). The summed E-state index contributed by atoms with van der Waals surface area (Å²) in [5.41, 5.74) is 2.23. The Kier molecular flexibility index (Phi) is 4.36. The highest BCUT2D eigenvalue weighted by Crippen LogP contribution is 2.13. The van der Waals surface area contributed by atoms with Crippen LogP contribution in [0.4, 0.5) is 5.69 Å². The average Bonchev–Trinajstić information content (AvgIpc) is 2.45. The van der Waals surface area contributed by atoms with Crippen LogP contribution in [0.5, 0.6) is 0 Å². The minimum atomic E-state index is -0.147. The van der Waals surface area contributed by atoms with E-state index in [-0.39, 0.29) is 5.91 Å². The van der Waals surface area contributed by atoms with Crippen molar-refractivity contribution in [2.45, 2.75) is 6.54 Å². The van der Waals surface area contributed by atoms with Gasteiger partial charge in [0.15, 0.2) is 0 Å². The average molecular weight is 276 g/mol.